The Morgan fingerprint density at radius 2 is 0.906 bits per heavy atom. The fraction of sp³-hybridized carbons (Fsp3) is 0.600. The third kappa shape index (κ3) is 16.4. The van der Waals surface area contributed by atoms with Gasteiger partial charge in [-0.2, -0.15) is 26.3 Å². The quantitative estimate of drug-likeness (QED) is 0.106. The number of rotatable bonds is 2. The van der Waals surface area contributed by atoms with Crippen LogP contribution in [0.25, 0.3) is 0 Å². The second-order valence-electron chi connectivity index (χ2n) is 12.1. The van der Waals surface area contributed by atoms with Gasteiger partial charge in [0.25, 0.3) is 0 Å². The Morgan fingerprint density at radius 1 is 0.642 bits per heavy atom. The Balaban J connectivity index is 0.000000726. The number of aromatic nitrogens is 2. The molecule has 0 saturated carbocycles. The number of hydrogen-bond donors (Lipinski definition) is 0. The molecule has 0 aromatic carbocycles. The average molecular weight is 856 g/mol. The number of guanidine groups is 2. The number of halogens is 6. The van der Waals surface area contributed by atoms with Gasteiger partial charge in [0.1, 0.15) is 0 Å². The third-order valence-electron chi connectivity index (χ3n) is 7.04. The van der Waals surface area contributed by atoms with Gasteiger partial charge in [-0.3, -0.25) is 9.97 Å². The Hall–Kier alpha value is -3.14. The molecule has 2 unspecified atom stereocenters. The number of aryl methyl sites for hydroxylation is 2. The zero-order chi connectivity index (χ0) is 40.2. The van der Waals surface area contributed by atoms with Gasteiger partial charge >= 0.3 is 30.5 Å². The first-order chi connectivity index (χ1) is 23.7. The summed E-state index contributed by atoms with van der Waals surface area (Å²) in [7, 11) is 4.05. The zero-order valence-corrected chi connectivity index (χ0v) is 35.3. The van der Waals surface area contributed by atoms with E-state index in [0.29, 0.717) is 0 Å². The molecule has 0 bridgehead atoms. The van der Waals surface area contributed by atoms with Gasteiger partial charge in [0.05, 0.1) is 23.5 Å². The Labute approximate surface area is 319 Å². The number of hydrogen-bond acceptors (Lipinski definition) is 10. The summed E-state index contributed by atoms with van der Waals surface area (Å²) in [5.74, 6) is 2.00. The van der Waals surface area contributed by atoms with E-state index in [2.05, 4.69) is 41.7 Å². The van der Waals surface area contributed by atoms with E-state index in [1.54, 1.807) is 0 Å². The summed E-state index contributed by atoms with van der Waals surface area (Å²) in [5, 5.41) is 0. The van der Waals surface area contributed by atoms with E-state index in [9.17, 15) is 26.3 Å². The maximum Gasteiger partial charge on any atom is 2.00 e. The number of pyridine rings is 2. The molecule has 0 amide bonds. The van der Waals surface area contributed by atoms with E-state index in [1.165, 1.54) is 24.0 Å². The van der Waals surface area contributed by atoms with E-state index in [1.807, 2.05) is 80.9 Å². The molecule has 2 aromatic heterocycles. The van der Waals surface area contributed by atoms with Gasteiger partial charge in [-0.1, -0.05) is 12.1 Å². The second-order valence-corrected chi connectivity index (χ2v) is 14.9. The summed E-state index contributed by atoms with van der Waals surface area (Å²) in [6, 6.07) is 8.79. The molecule has 2 aliphatic rings. The van der Waals surface area contributed by atoms with Crippen molar-refractivity contribution in [3.63, 3.8) is 0 Å². The van der Waals surface area contributed by atoms with Crippen LogP contribution in [0.1, 0.15) is 60.3 Å². The van der Waals surface area contributed by atoms with Crippen molar-refractivity contribution >= 4 is 32.2 Å². The molecule has 296 valence electrons. The molecule has 2 aromatic rings. The fourth-order valence-corrected chi connectivity index (χ4v) is 4.96. The van der Waals surface area contributed by atoms with E-state index < -0.39 is 31.3 Å². The summed E-state index contributed by atoms with van der Waals surface area (Å²) in [6.07, 6.45) is 10.6. The molecule has 0 radical (unpaired) electrons. The van der Waals surface area contributed by atoms with Crippen LogP contribution in [0.4, 0.5) is 26.3 Å². The second kappa shape index (κ2) is 21.1. The maximum atomic E-state index is 10.7. The Kier molecular flexibility index (Phi) is 19.8. The van der Waals surface area contributed by atoms with Crippen molar-refractivity contribution in [1.29, 1.82) is 0 Å². The van der Waals surface area contributed by atoms with Gasteiger partial charge in [-0.25, -0.2) is 26.8 Å². The summed E-state index contributed by atoms with van der Waals surface area (Å²) in [5.41, 5.74) is -6.27. The number of nitrogens with zero attached hydrogens (tertiary/aromatic N) is 8. The predicted octanol–water partition coefficient (Wildman–Crippen LogP) is 3.98. The standard InChI is InChI=1S/2C14H22N4.2CHF3O3S.Zn/c2*1-17(2)14(18(3)4)16-12-9-5-7-11-8-6-10-15-13(11)12;2*2-1(3,4)8(5,6)7;/h2*6,8,10,12H,5,7,9H2,1-4H3;2*(H,5,6,7);/q;;;;+2/p-2. The largest absolute Gasteiger partial charge is 2.00 e. The third-order valence-corrected chi connectivity index (χ3v) is 8.17. The first kappa shape index (κ1) is 49.9. The minimum atomic E-state index is -6.09. The van der Waals surface area contributed by atoms with Crippen LogP contribution < -0.4 is 0 Å². The molecule has 23 heteroatoms. The predicted molar refractivity (Wildman–Crippen MR) is 181 cm³/mol. The molecule has 0 aliphatic heterocycles. The molecule has 0 N–H and O–H groups in total. The molecule has 0 spiro atoms. The number of aliphatic imine (C=N–C) groups is 2. The van der Waals surface area contributed by atoms with Crippen LogP contribution in [0.15, 0.2) is 46.6 Å². The van der Waals surface area contributed by atoms with Crippen LogP contribution >= 0.6 is 0 Å². The topological polar surface area (TPSA) is 178 Å². The summed E-state index contributed by atoms with van der Waals surface area (Å²) in [4.78, 5) is 27.0. The van der Waals surface area contributed by atoms with Crippen molar-refractivity contribution in [1.82, 2.24) is 29.6 Å². The molecule has 2 aliphatic carbocycles. The summed E-state index contributed by atoms with van der Waals surface area (Å²) >= 11 is 0. The van der Waals surface area contributed by atoms with Crippen molar-refractivity contribution < 1.29 is 71.8 Å². The molecular formula is C30H44F6N8O6S2Zn. The molecule has 4 rings (SSSR count). The first-order valence-corrected chi connectivity index (χ1v) is 18.3. The Bertz CT molecular complexity index is 1580. The smallest absolute Gasteiger partial charge is 0.741 e. The van der Waals surface area contributed by atoms with Crippen molar-refractivity contribution in [2.75, 3.05) is 56.4 Å². The van der Waals surface area contributed by atoms with E-state index in [-0.39, 0.29) is 31.6 Å². The van der Waals surface area contributed by atoms with Crippen LogP contribution in [-0.2, 0) is 52.6 Å². The SMILES string of the molecule is CN(C)C(=NC1CCCc2cccnc21)N(C)C.CN(C)C(=NC1CCCc2cccnc21)N(C)C.O=S(=O)([O-])C(F)(F)F.O=S(=O)([O-])C(F)(F)F.[Zn+2]. The van der Waals surface area contributed by atoms with Crippen molar-refractivity contribution in [3.05, 3.63) is 59.2 Å². The van der Waals surface area contributed by atoms with Gasteiger partial charge in [-0.15, -0.1) is 0 Å². The normalized spacial score (nSPS) is 16.4. The molecule has 14 nitrogen and oxygen atoms in total. The van der Waals surface area contributed by atoms with Gasteiger partial charge in [0.2, 0.25) is 0 Å². The summed E-state index contributed by atoms with van der Waals surface area (Å²) in [6.45, 7) is 0. The number of fused-ring (bicyclic) bond motifs is 2. The van der Waals surface area contributed by atoms with E-state index >= 15 is 0 Å². The van der Waals surface area contributed by atoms with Crippen molar-refractivity contribution in [3.8, 4) is 0 Å². The van der Waals surface area contributed by atoms with Crippen LogP contribution in [-0.4, -0.2) is 135 Å². The number of alkyl halides is 6. The fourth-order valence-electron chi connectivity index (χ4n) is 4.96. The molecule has 2 heterocycles. The van der Waals surface area contributed by atoms with Gasteiger partial charge in [-0.05, 0) is 61.8 Å². The van der Waals surface area contributed by atoms with Gasteiger partial charge in [0.15, 0.2) is 32.2 Å². The van der Waals surface area contributed by atoms with Crippen LogP contribution in [0.3, 0.4) is 0 Å². The first-order valence-electron chi connectivity index (χ1n) is 15.5. The monoisotopic (exact) mass is 854 g/mol. The molecule has 0 fully saturated rings. The van der Waals surface area contributed by atoms with Gasteiger partial charge in [0, 0.05) is 68.8 Å². The van der Waals surface area contributed by atoms with Crippen LogP contribution in [0.5, 0.6) is 0 Å². The van der Waals surface area contributed by atoms with Gasteiger partial charge < -0.3 is 28.7 Å². The molecule has 2 atom stereocenters. The Morgan fingerprint density at radius 3 is 1.13 bits per heavy atom. The van der Waals surface area contributed by atoms with Crippen LogP contribution in [0.2, 0.25) is 0 Å². The van der Waals surface area contributed by atoms with E-state index in [4.69, 9.17) is 35.9 Å². The zero-order valence-electron chi connectivity index (χ0n) is 30.7. The van der Waals surface area contributed by atoms with Crippen molar-refractivity contribution in [2.24, 2.45) is 9.98 Å². The minimum absolute atomic E-state index is 0. The minimum Gasteiger partial charge on any atom is -0.741 e. The van der Waals surface area contributed by atoms with E-state index in [0.717, 1.165) is 49.0 Å². The average Bonchev–Trinajstić information content (AvgIpc) is 3.01. The summed E-state index contributed by atoms with van der Waals surface area (Å²) < 4.78 is 118. The molecule has 53 heavy (non-hydrogen) atoms. The molecule has 0 saturated heterocycles. The molecular weight excluding hydrogens is 812 g/mol. The van der Waals surface area contributed by atoms with Crippen LogP contribution in [0, 0.1) is 0 Å². The van der Waals surface area contributed by atoms with Crippen molar-refractivity contribution in [2.45, 2.75) is 61.6 Å². The maximum absolute atomic E-state index is 10.7.